The fourth-order valence-electron chi connectivity index (χ4n) is 6.95. The Morgan fingerprint density at radius 1 is 1.19 bits per heavy atom. The molecule has 1 saturated carbocycles. The summed E-state index contributed by atoms with van der Waals surface area (Å²) in [6, 6.07) is 13.6. The standard InChI is InChI=1S/C35H40N2O4S/c1-22-7-5-14-34(4)30(13-15-35(34,40)21-42-33-29(20-36)23(2)17-24(3)37-33)27-12-10-25(18-26(38)11-9-22)19-28(27)32(39)31-8-6-16-41-31/h6-8,10,12,16-17,19,26,30,38,40H,5,9,11,13-15,18,21H2,1-4H3/t26-,30-,34-,35+/m0/s1. The first-order valence-corrected chi connectivity index (χ1v) is 15.8. The van der Waals surface area contributed by atoms with Crippen LogP contribution in [0.3, 0.4) is 0 Å². The average molecular weight is 585 g/mol. The van der Waals surface area contributed by atoms with Crippen LogP contribution in [-0.2, 0) is 6.42 Å². The van der Waals surface area contributed by atoms with Crippen molar-refractivity contribution in [2.45, 2.75) is 95.3 Å². The van der Waals surface area contributed by atoms with Gasteiger partial charge in [-0.15, -0.1) is 11.8 Å². The fraction of sp³-hybridized carbons (Fsp3) is 0.457. The molecule has 0 spiro atoms. The van der Waals surface area contributed by atoms with Crippen LogP contribution >= 0.6 is 11.8 Å². The second-order valence-electron chi connectivity index (χ2n) is 12.4. The molecular weight excluding hydrogens is 544 g/mol. The van der Waals surface area contributed by atoms with Crippen molar-refractivity contribution in [1.82, 2.24) is 4.98 Å². The van der Waals surface area contributed by atoms with E-state index in [-0.39, 0.29) is 17.5 Å². The predicted octanol–water partition coefficient (Wildman–Crippen LogP) is 7.22. The predicted molar refractivity (Wildman–Crippen MR) is 165 cm³/mol. The van der Waals surface area contributed by atoms with Crippen molar-refractivity contribution in [3.63, 3.8) is 0 Å². The number of nitriles is 1. The number of aliphatic hydroxyl groups excluding tert-OH is 1. The molecule has 2 heterocycles. The van der Waals surface area contributed by atoms with E-state index in [1.807, 2.05) is 38.1 Å². The van der Waals surface area contributed by atoms with E-state index in [2.05, 4.69) is 31.0 Å². The van der Waals surface area contributed by atoms with Crippen molar-refractivity contribution < 1.29 is 19.4 Å². The molecule has 3 aromatic rings. The Balaban J connectivity index is 1.58. The van der Waals surface area contributed by atoms with Crippen LogP contribution in [0.15, 0.2) is 63.8 Å². The summed E-state index contributed by atoms with van der Waals surface area (Å²) in [7, 11) is 0. The molecule has 4 atom stereocenters. The van der Waals surface area contributed by atoms with E-state index in [0.29, 0.717) is 41.2 Å². The molecule has 1 aromatic carbocycles. The van der Waals surface area contributed by atoms with Crippen LogP contribution in [0.25, 0.3) is 0 Å². The summed E-state index contributed by atoms with van der Waals surface area (Å²) in [5.74, 6) is 0.428. The summed E-state index contributed by atoms with van der Waals surface area (Å²) in [5.41, 5.74) is 4.34. The topological polar surface area (TPSA) is 107 Å². The molecule has 0 saturated heterocycles. The van der Waals surface area contributed by atoms with Gasteiger partial charge in [-0.2, -0.15) is 5.26 Å². The van der Waals surface area contributed by atoms with Gasteiger partial charge in [-0.05, 0) is 113 Å². The average Bonchev–Trinajstić information content (AvgIpc) is 3.57. The Bertz CT molecular complexity index is 1540. The third-order valence-electron chi connectivity index (χ3n) is 9.53. The minimum Gasteiger partial charge on any atom is -0.461 e. The summed E-state index contributed by atoms with van der Waals surface area (Å²) >= 11 is 1.46. The number of pyridine rings is 1. The second-order valence-corrected chi connectivity index (χ2v) is 13.4. The van der Waals surface area contributed by atoms with Crippen LogP contribution in [0.1, 0.15) is 102 Å². The number of fused-ring (bicyclic) bond motifs is 8. The molecule has 6 rings (SSSR count). The monoisotopic (exact) mass is 584 g/mol. The van der Waals surface area contributed by atoms with Crippen molar-refractivity contribution in [2.24, 2.45) is 5.41 Å². The van der Waals surface area contributed by atoms with Gasteiger partial charge >= 0.3 is 0 Å². The maximum atomic E-state index is 13.8. The van der Waals surface area contributed by atoms with Crippen LogP contribution in [0.5, 0.6) is 0 Å². The van der Waals surface area contributed by atoms with Gasteiger partial charge < -0.3 is 14.6 Å². The highest BCUT2D eigenvalue weighted by atomic mass is 32.2. The number of aliphatic hydroxyl groups is 2. The molecule has 3 aliphatic carbocycles. The van der Waals surface area contributed by atoms with E-state index in [1.54, 1.807) is 12.1 Å². The zero-order valence-corrected chi connectivity index (χ0v) is 25.8. The molecule has 2 aromatic heterocycles. The van der Waals surface area contributed by atoms with E-state index >= 15 is 0 Å². The smallest absolute Gasteiger partial charge is 0.228 e. The number of carbonyl (C=O) groups excluding carboxylic acids is 1. The summed E-state index contributed by atoms with van der Waals surface area (Å²) < 4.78 is 5.52. The number of thioether (sulfide) groups is 1. The first-order chi connectivity index (χ1) is 20.0. The lowest BCUT2D eigenvalue weighted by Gasteiger charge is -2.44. The van der Waals surface area contributed by atoms with Gasteiger partial charge in [0.2, 0.25) is 5.78 Å². The molecule has 3 aliphatic rings. The molecule has 42 heavy (non-hydrogen) atoms. The zero-order chi connectivity index (χ0) is 30.1. The number of aromatic nitrogens is 1. The van der Waals surface area contributed by atoms with Gasteiger partial charge in [0.25, 0.3) is 0 Å². The van der Waals surface area contributed by atoms with E-state index in [4.69, 9.17) is 4.42 Å². The van der Waals surface area contributed by atoms with Gasteiger partial charge in [-0.3, -0.25) is 4.79 Å². The van der Waals surface area contributed by atoms with E-state index < -0.39 is 17.1 Å². The van der Waals surface area contributed by atoms with Crippen molar-refractivity contribution in [2.75, 3.05) is 5.75 Å². The number of rotatable bonds is 5. The van der Waals surface area contributed by atoms with Gasteiger partial charge in [0.15, 0.2) is 5.76 Å². The van der Waals surface area contributed by atoms with Gasteiger partial charge in [-0.25, -0.2) is 4.98 Å². The normalized spacial score (nSPS) is 26.3. The van der Waals surface area contributed by atoms with Gasteiger partial charge in [-0.1, -0.05) is 30.7 Å². The summed E-state index contributed by atoms with van der Waals surface area (Å²) in [5, 5.41) is 33.8. The highest BCUT2D eigenvalue weighted by Crippen LogP contribution is 2.59. The summed E-state index contributed by atoms with van der Waals surface area (Å²) in [6.45, 7) is 8.12. The van der Waals surface area contributed by atoms with Crippen molar-refractivity contribution in [3.8, 4) is 6.07 Å². The minimum atomic E-state index is -1.05. The number of allylic oxidation sites excluding steroid dienone is 2. The molecule has 6 nitrogen and oxygen atoms in total. The van der Waals surface area contributed by atoms with Gasteiger partial charge in [0.05, 0.1) is 23.5 Å². The molecule has 1 fully saturated rings. The highest BCUT2D eigenvalue weighted by molar-refractivity contribution is 7.99. The Morgan fingerprint density at radius 3 is 2.74 bits per heavy atom. The van der Waals surface area contributed by atoms with Crippen LogP contribution in [0, 0.1) is 30.6 Å². The van der Waals surface area contributed by atoms with Crippen LogP contribution in [0.4, 0.5) is 0 Å². The van der Waals surface area contributed by atoms with E-state index in [1.165, 1.54) is 23.6 Å². The molecule has 220 valence electrons. The number of hydrogen-bond donors (Lipinski definition) is 2. The molecule has 0 unspecified atom stereocenters. The quantitative estimate of drug-likeness (QED) is 0.185. The number of nitrogens with zero attached hydrogens (tertiary/aromatic N) is 2. The van der Waals surface area contributed by atoms with Crippen LogP contribution in [0.2, 0.25) is 0 Å². The third kappa shape index (κ3) is 5.86. The minimum absolute atomic E-state index is 0.0738. The van der Waals surface area contributed by atoms with Gasteiger partial charge in [0, 0.05) is 22.4 Å². The first kappa shape index (κ1) is 30.3. The number of aryl methyl sites for hydroxylation is 2. The highest BCUT2D eigenvalue weighted by Gasteiger charge is 2.56. The first-order valence-electron chi connectivity index (χ1n) is 14.8. The summed E-state index contributed by atoms with van der Waals surface area (Å²) in [6.07, 6.45) is 7.98. The molecule has 0 aliphatic heterocycles. The van der Waals surface area contributed by atoms with Crippen molar-refractivity contribution in [3.05, 3.63) is 93.6 Å². The molecule has 7 heteroatoms. The number of carbonyl (C=O) groups is 1. The maximum Gasteiger partial charge on any atom is 0.228 e. The number of ketones is 1. The largest absolute Gasteiger partial charge is 0.461 e. The Hall–Kier alpha value is -3.18. The van der Waals surface area contributed by atoms with E-state index in [0.717, 1.165) is 48.1 Å². The third-order valence-corrected chi connectivity index (χ3v) is 10.7. The Morgan fingerprint density at radius 2 is 2.00 bits per heavy atom. The number of furan rings is 1. The van der Waals surface area contributed by atoms with E-state index in [9.17, 15) is 20.3 Å². The molecule has 2 N–H and O–H groups in total. The SMILES string of the molecule is CC1=CCC[C@@]2(C)[C@@H](CC[C@@]2(O)CSc2nc(C)cc(C)c2C#N)c2ccc(cc2C(=O)c2ccco2)C[C@@H](O)CC1. The molecule has 2 bridgehead atoms. The second kappa shape index (κ2) is 12.2. The number of benzene rings is 1. The lowest BCUT2D eigenvalue weighted by Crippen LogP contribution is -2.46. The van der Waals surface area contributed by atoms with Gasteiger partial charge in [0.1, 0.15) is 11.1 Å². The Kier molecular flexibility index (Phi) is 8.80. The molecule has 0 amide bonds. The maximum absolute atomic E-state index is 13.8. The van der Waals surface area contributed by atoms with Crippen molar-refractivity contribution in [1.29, 1.82) is 5.26 Å². The van der Waals surface area contributed by atoms with Crippen LogP contribution in [-0.4, -0.2) is 38.4 Å². The fourth-order valence-corrected chi connectivity index (χ4v) is 8.35. The zero-order valence-electron chi connectivity index (χ0n) is 24.9. The van der Waals surface area contributed by atoms with Crippen LogP contribution < -0.4 is 0 Å². The summed E-state index contributed by atoms with van der Waals surface area (Å²) in [4.78, 5) is 18.5. The molecule has 0 radical (unpaired) electrons. The number of hydrogen-bond acceptors (Lipinski definition) is 7. The Labute approximate surface area is 252 Å². The van der Waals surface area contributed by atoms with Crippen molar-refractivity contribution >= 4 is 17.5 Å². The lowest BCUT2D eigenvalue weighted by atomic mass is 9.65. The lowest BCUT2D eigenvalue weighted by molar-refractivity contribution is -0.0422. The molecular formula is C35H40N2O4S.